The summed E-state index contributed by atoms with van der Waals surface area (Å²) in [6.07, 6.45) is 4.15. The number of pyridine rings is 1. The fourth-order valence-corrected chi connectivity index (χ4v) is 2.20. The molecule has 0 amide bonds. The minimum Gasteiger partial charge on any atom is -0.398 e. The van der Waals surface area contributed by atoms with E-state index in [2.05, 4.69) is 46.0 Å². The van der Waals surface area contributed by atoms with Crippen molar-refractivity contribution in [2.45, 2.75) is 19.4 Å². The summed E-state index contributed by atoms with van der Waals surface area (Å²) in [5.41, 5.74) is 16.1. The standard InChI is InChI=1S/C14H16BrN3/c1-9-2-3-10(6-12(9)15)14(17)7-11-8-18-5-4-13(11)16/h2-6,8,14H,7,17H2,1H3,(H2,16,18). The van der Waals surface area contributed by atoms with Crippen LogP contribution in [0.25, 0.3) is 0 Å². The molecule has 0 spiro atoms. The van der Waals surface area contributed by atoms with E-state index in [1.54, 1.807) is 18.5 Å². The van der Waals surface area contributed by atoms with Gasteiger partial charge >= 0.3 is 0 Å². The Morgan fingerprint density at radius 3 is 2.78 bits per heavy atom. The van der Waals surface area contributed by atoms with Crippen LogP contribution in [0.5, 0.6) is 0 Å². The Morgan fingerprint density at radius 2 is 2.11 bits per heavy atom. The highest BCUT2D eigenvalue weighted by Gasteiger charge is 2.10. The number of rotatable bonds is 3. The lowest BCUT2D eigenvalue weighted by Gasteiger charge is -2.14. The van der Waals surface area contributed by atoms with Crippen molar-refractivity contribution in [3.8, 4) is 0 Å². The molecule has 18 heavy (non-hydrogen) atoms. The molecule has 0 saturated heterocycles. The van der Waals surface area contributed by atoms with Crippen LogP contribution in [0.3, 0.4) is 0 Å². The van der Waals surface area contributed by atoms with Gasteiger partial charge in [-0.15, -0.1) is 0 Å². The van der Waals surface area contributed by atoms with Gasteiger partial charge in [-0.2, -0.15) is 0 Å². The van der Waals surface area contributed by atoms with Gasteiger partial charge in [0.1, 0.15) is 0 Å². The van der Waals surface area contributed by atoms with Crippen LogP contribution in [0.15, 0.2) is 41.1 Å². The monoisotopic (exact) mass is 305 g/mol. The predicted octanol–water partition coefficient (Wildman–Crippen LogP) is 2.98. The smallest absolute Gasteiger partial charge is 0.0378 e. The average molecular weight is 306 g/mol. The fraction of sp³-hybridized carbons (Fsp3) is 0.214. The van der Waals surface area contributed by atoms with Gasteiger partial charge in [0.05, 0.1) is 0 Å². The maximum absolute atomic E-state index is 6.21. The molecular weight excluding hydrogens is 290 g/mol. The molecule has 0 fully saturated rings. The van der Waals surface area contributed by atoms with Crippen molar-refractivity contribution >= 4 is 21.6 Å². The van der Waals surface area contributed by atoms with E-state index < -0.39 is 0 Å². The first kappa shape index (κ1) is 13.1. The van der Waals surface area contributed by atoms with Crippen molar-refractivity contribution in [1.29, 1.82) is 0 Å². The van der Waals surface area contributed by atoms with Gasteiger partial charge in [0, 0.05) is 28.6 Å². The number of halogens is 1. The third-order valence-electron chi connectivity index (χ3n) is 3.01. The van der Waals surface area contributed by atoms with Crippen molar-refractivity contribution in [2.24, 2.45) is 5.73 Å². The second kappa shape index (κ2) is 5.50. The molecule has 1 unspecified atom stereocenters. The van der Waals surface area contributed by atoms with Crippen LogP contribution < -0.4 is 11.5 Å². The van der Waals surface area contributed by atoms with Crippen LogP contribution >= 0.6 is 15.9 Å². The highest BCUT2D eigenvalue weighted by Crippen LogP contribution is 2.24. The second-order valence-electron chi connectivity index (χ2n) is 4.39. The number of benzene rings is 1. The van der Waals surface area contributed by atoms with Crippen LogP contribution in [0, 0.1) is 6.92 Å². The van der Waals surface area contributed by atoms with Gasteiger partial charge in [-0.3, -0.25) is 4.98 Å². The summed E-state index contributed by atoms with van der Waals surface area (Å²) >= 11 is 3.52. The van der Waals surface area contributed by atoms with Gasteiger partial charge in [0.2, 0.25) is 0 Å². The largest absolute Gasteiger partial charge is 0.398 e. The molecule has 3 nitrogen and oxygen atoms in total. The van der Waals surface area contributed by atoms with E-state index in [1.165, 1.54) is 5.56 Å². The molecular formula is C14H16BrN3. The number of nitrogens with zero attached hydrogens (tertiary/aromatic N) is 1. The lowest BCUT2D eigenvalue weighted by molar-refractivity contribution is 0.720. The quantitative estimate of drug-likeness (QED) is 0.916. The molecule has 1 aromatic heterocycles. The van der Waals surface area contributed by atoms with Gasteiger partial charge in [0.25, 0.3) is 0 Å². The van der Waals surface area contributed by atoms with Crippen LogP contribution in [0.2, 0.25) is 0 Å². The van der Waals surface area contributed by atoms with Gasteiger partial charge in [0.15, 0.2) is 0 Å². The number of anilines is 1. The summed E-state index contributed by atoms with van der Waals surface area (Å²) in [7, 11) is 0. The Bertz CT molecular complexity index is 554. The number of hydrogen-bond donors (Lipinski definition) is 2. The van der Waals surface area contributed by atoms with Crippen LogP contribution in [-0.2, 0) is 6.42 Å². The zero-order valence-electron chi connectivity index (χ0n) is 10.2. The third-order valence-corrected chi connectivity index (χ3v) is 3.86. The van der Waals surface area contributed by atoms with Gasteiger partial charge in [-0.05, 0) is 42.2 Å². The molecule has 0 aliphatic carbocycles. The van der Waals surface area contributed by atoms with E-state index in [9.17, 15) is 0 Å². The lowest BCUT2D eigenvalue weighted by Crippen LogP contribution is -2.14. The normalized spacial score (nSPS) is 12.4. The summed E-state index contributed by atoms with van der Waals surface area (Å²) in [6.45, 7) is 2.05. The van der Waals surface area contributed by atoms with Crippen LogP contribution in [-0.4, -0.2) is 4.98 Å². The Morgan fingerprint density at radius 1 is 1.33 bits per heavy atom. The molecule has 4 heteroatoms. The SMILES string of the molecule is Cc1ccc(C(N)Cc2cnccc2N)cc1Br. The lowest BCUT2D eigenvalue weighted by atomic mass is 9.99. The topological polar surface area (TPSA) is 64.9 Å². The Labute approximate surface area is 115 Å². The van der Waals surface area contributed by atoms with Crippen molar-refractivity contribution in [3.05, 3.63) is 57.8 Å². The summed E-state index contributed by atoms with van der Waals surface area (Å²) in [5.74, 6) is 0. The Balaban J connectivity index is 2.19. The average Bonchev–Trinajstić information content (AvgIpc) is 2.35. The van der Waals surface area contributed by atoms with E-state index in [0.717, 1.165) is 21.3 Å². The molecule has 94 valence electrons. The Kier molecular flexibility index (Phi) is 3.99. The van der Waals surface area contributed by atoms with E-state index in [0.29, 0.717) is 6.42 Å². The molecule has 4 N–H and O–H groups in total. The number of nitrogen functional groups attached to an aromatic ring is 1. The first-order chi connectivity index (χ1) is 8.58. The molecule has 2 rings (SSSR count). The molecule has 2 aromatic rings. The second-order valence-corrected chi connectivity index (χ2v) is 5.25. The summed E-state index contributed by atoms with van der Waals surface area (Å²) in [4.78, 5) is 4.08. The molecule has 0 aliphatic heterocycles. The molecule has 0 aliphatic rings. The molecule has 0 bridgehead atoms. The number of hydrogen-bond acceptors (Lipinski definition) is 3. The minimum atomic E-state index is -0.0756. The van der Waals surface area contributed by atoms with Gasteiger partial charge < -0.3 is 11.5 Å². The van der Waals surface area contributed by atoms with Crippen molar-refractivity contribution < 1.29 is 0 Å². The van der Waals surface area contributed by atoms with Gasteiger partial charge in [-0.25, -0.2) is 0 Å². The van der Waals surface area contributed by atoms with Gasteiger partial charge in [-0.1, -0.05) is 28.1 Å². The summed E-state index contributed by atoms with van der Waals surface area (Å²) in [6, 6.07) is 7.90. The summed E-state index contributed by atoms with van der Waals surface area (Å²) in [5, 5.41) is 0. The van der Waals surface area contributed by atoms with Crippen molar-refractivity contribution in [1.82, 2.24) is 4.98 Å². The van der Waals surface area contributed by atoms with E-state index in [1.807, 2.05) is 0 Å². The van der Waals surface area contributed by atoms with Crippen LogP contribution in [0.1, 0.15) is 22.7 Å². The number of nitrogens with two attached hydrogens (primary N) is 2. The number of aryl methyl sites for hydroxylation is 1. The molecule has 0 radical (unpaired) electrons. The first-order valence-corrected chi connectivity index (χ1v) is 6.57. The van der Waals surface area contributed by atoms with Crippen molar-refractivity contribution in [3.63, 3.8) is 0 Å². The Hall–Kier alpha value is -1.39. The zero-order valence-corrected chi connectivity index (χ0v) is 11.8. The third kappa shape index (κ3) is 2.89. The molecule has 1 aromatic carbocycles. The maximum atomic E-state index is 6.21. The maximum Gasteiger partial charge on any atom is 0.0378 e. The summed E-state index contributed by atoms with van der Waals surface area (Å²) < 4.78 is 1.08. The highest BCUT2D eigenvalue weighted by molar-refractivity contribution is 9.10. The highest BCUT2D eigenvalue weighted by atomic mass is 79.9. The molecule has 1 heterocycles. The minimum absolute atomic E-state index is 0.0756. The zero-order chi connectivity index (χ0) is 13.1. The van der Waals surface area contributed by atoms with Crippen molar-refractivity contribution in [2.75, 3.05) is 5.73 Å². The first-order valence-electron chi connectivity index (χ1n) is 5.78. The van der Waals surface area contributed by atoms with Crippen LogP contribution in [0.4, 0.5) is 5.69 Å². The molecule has 1 atom stereocenters. The predicted molar refractivity (Wildman–Crippen MR) is 78.2 cm³/mol. The van der Waals surface area contributed by atoms with E-state index in [4.69, 9.17) is 11.5 Å². The number of aromatic nitrogens is 1. The fourth-order valence-electron chi connectivity index (χ4n) is 1.80. The van der Waals surface area contributed by atoms with E-state index >= 15 is 0 Å². The molecule has 0 saturated carbocycles. The van der Waals surface area contributed by atoms with E-state index in [-0.39, 0.29) is 6.04 Å².